The first-order chi connectivity index (χ1) is 13.1. The average molecular weight is 362 g/mol. The predicted molar refractivity (Wildman–Crippen MR) is 97.7 cm³/mol. The van der Waals surface area contributed by atoms with Crippen molar-refractivity contribution in [3.05, 3.63) is 65.9 Å². The lowest BCUT2D eigenvalue weighted by atomic mass is 10.0. The van der Waals surface area contributed by atoms with Crippen molar-refractivity contribution in [2.45, 2.75) is 26.3 Å². The number of benzene rings is 1. The first-order valence-corrected chi connectivity index (χ1v) is 8.59. The molecule has 1 N–H and O–H groups in total. The molecule has 4 rings (SSSR count). The fourth-order valence-corrected chi connectivity index (χ4v) is 2.82. The van der Waals surface area contributed by atoms with E-state index in [2.05, 4.69) is 25.7 Å². The van der Waals surface area contributed by atoms with E-state index in [1.54, 1.807) is 6.92 Å². The van der Waals surface area contributed by atoms with Crippen LogP contribution in [0, 0.1) is 6.92 Å². The number of aromatic nitrogens is 5. The van der Waals surface area contributed by atoms with Gasteiger partial charge in [-0.3, -0.25) is 9.20 Å². The SMILES string of the molecule is Cc1noc(-c2ccn3c(CNC(=O)C(C)c4ccccc4)nnc3c2)n1. The van der Waals surface area contributed by atoms with Crippen molar-refractivity contribution in [3.63, 3.8) is 0 Å². The van der Waals surface area contributed by atoms with Gasteiger partial charge in [0.05, 0.1) is 12.5 Å². The molecule has 1 atom stereocenters. The lowest BCUT2D eigenvalue weighted by molar-refractivity contribution is -0.122. The Labute approximate surface area is 155 Å². The molecule has 1 aromatic carbocycles. The number of pyridine rings is 1. The standard InChI is InChI=1S/C19H18N6O2/c1-12(14-6-4-3-5-7-14)18(26)20-11-17-23-22-16-10-15(8-9-25(16)17)19-21-13(2)24-27-19/h3-10,12H,11H2,1-2H3,(H,20,26). The summed E-state index contributed by atoms with van der Waals surface area (Å²) in [6.07, 6.45) is 1.83. The summed E-state index contributed by atoms with van der Waals surface area (Å²) in [5.41, 5.74) is 2.38. The largest absolute Gasteiger partial charge is 0.348 e. The van der Waals surface area contributed by atoms with Gasteiger partial charge in [0.1, 0.15) is 0 Å². The molecule has 0 saturated heterocycles. The number of hydrogen-bond donors (Lipinski definition) is 1. The van der Waals surface area contributed by atoms with Crippen LogP contribution in [0.2, 0.25) is 0 Å². The van der Waals surface area contributed by atoms with Crippen LogP contribution in [-0.2, 0) is 11.3 Å². The monoisotopic (exact) mass is 362 g/mol. The Bertz CT molecular complexity index is 1090. The van der Waals surface area contributed by atoms with Crippen molar-refractivity contribution < 1.29 is 9.32 Å². The van der Waals surface area contributed by atoms with E-state index in [-0.39, 0.29) is 18.4 Å². The van der Waals surface area contributed by atoms with Crippen molar-refractivity contribution in [3.8, 4) is 11.5 Å². The Hall–Kier alpha value is -3.55. The maximum Gasteiger partial charge on any atom is 0.258 e. The van der Waals surface area contributed by atoms with Gasteiger partial charge in [0.25, 0.3) is 5.89 Å². The van der Waals surface area contributed by atoms with Crippen molar-refractivity contribution in [2.24, 2.45) is 0 Å². The van der Waals surface area contributed by atoms with Crippen LogP contribution in [0.15, 0.2) is 53.2 Å². The topological polar surface area (TPSA) is 98.2 Å². The Kier molecular flexibility index (Phi) is 4.37. The fourth-order valence-electron chi connectivity index (χ4n) is 2.82. The summed E-state index contributed by atoms with van der Waals surface area (Å²) in [5.74, 6) is 1.35. The number of hydrogen-bond acceptors (Lipinski definition) is 6. The Morgan fingerprint density at radius 1 is 1.22 bits per heavy atom. The fraction of sp³-hybridized carbons (Fsp3) is 0.211. The zero-order chi connectivity index (χ0) is 18.8. The molecule has 0 radical (unpaired) electrons. The quantitative estimate of drug-likeness (QED) is 0.586. The lowest BCUT2D eigenvalue weighted by Crippen LogP contribution is -2.28. The van der Waals surface area contributed by atoms with Gasteiger partial charge in [0, 0.05) is 11.8 Å². The second-order valence-electron chi connectivity index (χ2n) is 6.26. The molecule has 0 spiro atoms. The van der Waals surface area contributed by atoms with Gasteiger partial charge in [0.2, 0.25) is 5.91 Å². The molecule has 0 bridgehead atoms. The normalized spacial score (nSPS) is 12.2. The van der Waals surface area contributed by atoms with E-state index >= 15 is 0 Å². The molecular weight excluding hydrogens is 344 g/mol. The van der Waals surface area contributed by atoms with E-state index in [9.17, 15) is 4.79 Å². The van der Waals surface area contributed by atoms with Crippen LogP contribution in [0.4, 0.5) is 0 Å². The highest BCUT2D eigenvalue weighted by atomic mass is 16.5. The molecule has 8 nitrogen and oxygen atoms in total. The number of nitrogens with zero attached hydrogens (tertiary/aromatic N) is 5. The zero-order valence-electron chi connectivity index (χ0n) is 15.0. The van der Waals surface area contributed by atoms with Gasteiger partial charge < -0.3 is 9.84 Å². The maximum atomic E-state index is 12.4. The van der Waals surface area contributed by atoms with Crippen molar-refractivity contribution in [1.29, 1.82) is 0 Å². The van der Waals surface area contributed by atoms with Gasteiger partial charge in [-0.2, -0.15) is 4.98 Å². The van der Waals surface area contributed by atoms with E-state index in [0.717, 1.165) is 11.1 Å². The zero-order valence-corrected chi connectivity index (χ0v) is 15.0. The van der Waals surface area contributed by atoms with Gasteiger partial charge in [-0.05, 0) is 31.5 Å². The van der Waals surface area contributed by atoms with Crippen molar-refractivity contribution in [1.82, 2.24) is 30.1 Å². The first-order valence-electron chi connectivity index (χ1n) is 8.59. The maximum absolute atomic E-state index is 12.4. The molecule has 8 heteroatoms. The summed E-state index contributed by atoms with van der Waals surface area (Å²) >= 11 is 0. The predicted octanol–water partition coefficient (Wildman–Crippen LogP) is 2.51. The van der Waals surface area contributed by atoms with Crippen LogP contribution in [-0.4, -0.2) is 30.6 Å². The number of fused-ring (bicyclic) bond motifs is 1. The minimum absolute atomic E-state index is 0.0593. The summed E-state index contributed by atoms with van der Waals surface area (Å²) < 4.78 is 7.00. The third-order valence-electron chi connectivity index (χ3n) is 4.37. The highest BCUT2D eigenvalue weighted by molar-refractivity contribution is 5.83. The average Bonchev–Trinajstić information content (AvgIpc) is 3.31. The molecule has 136 valence electrons. The van der Waals surface area contributed by atoms with E-state index in [4.69, 9.17) is 4.52 Å². The number of aryl methyl sites for hydroxylation is 1. The van der Waals surface area contributed by atoms with Gasteiger partial charge in [-0.25, -0.2) is 0 Å². The molecular formula is C19H18N6O2. The highest BCUT2D eigenvalue weighted by Gasteiger charge is 2.16. The molecule has 0 aliphatic carbocycles. The van der Waals surface area contributed by atoms with Crippen molar-refractivity contribution in [2.75, 3.05) is 0 Å². The Morgan fingerprint density at radius 2 is 2.04 bits per heavy atom. The molecule has 0 saturated carbocycles. The molecule has 1 unspecified atom stereocenters. The second-order valence-corrected chi connectivity index (χ2v) is 6.26. The van der Waals surface area contributed by atoms with Crippen LogP contribution < -0.4 is 5.32 Å². The molecule has 3 heterocycles. The number of rotatable bonds is 5. The van der Waals surface area contributed by atoms with E-state index in [0.29, 0.717) is 23.2 Å². The third kappa shape index (κ3) is 3.41. The molecule has 1 amide bonds. The smallest absolute Gasteiger partial charge is 0.258 e. The molecule has 4 aromatic rings. The van der Waals surface area contributed by atoms with Gasteiger partial charge in [-0.1, -0.05) is 35.5 Å². The number of carbonyl (C=O) groups excluding carboxylic acids is 1. The van der Waals surface area contributed by atoms with Crippen LogP contribution in [0.1, 0.15) is 30.1 Å². The number of carbonyl (C=O) groups is 1. The minimum Gasteiger partial charge on any atom is -0.348 e. The van der Waals surface area contributed by atoms with Crippen LogP contribution in [0.5, 0.6) is 0 Å². The highest BCUT2D eigenvalue weighted by Crippen LogP contribution is 2.19. The van der Waals surface area contributed by atoms with Crippen LogP contribution >= 0.6 is 0 Å². The Morgan fingerprint density at radius 3 is 2.78 bits per heavy atom. The van der Waals surface area contributed by atoms with E-state index in [1.165, 1.54) is 0 Å². The molecule has 27 heavy (non-hydrogen) atoms. The summed E-state index contributed by atoms with van der Waals surface area (Å²) in [5, 5.41) is 15.0. The summed E-state index contributed by atoms with van der Waals surface area (Å²) in [6.45, 7) is 3.93. The lowest BCUT2D eigenvalue weighted by Gasteiger charge is -2.11. The first kappa shape index (κ1) is 16.9. The Balaban J connectivity index is 1.49. The van der Waals surface area contributed by atoms with Gasteiger partial charge in [-0.15, -0.1) is 10.2 Å². The van der Waals surface area contributed by atoms with Crippen molar-refractivity contribution >= 4 is 11.6 Å². The number of amides is 1. The minimum atomic E-state index is -0.238. The summed E-state index contributed by atoms with van der Waals surface area (Å²) in [4.78, 5) is 16.6. The molecule has 0 aliphatic heterocycles. The molecule has 3 aromatic heterocycles. The molecule has 0 aliphatic rings. The number of nitrogens with one attached hydrogen (secondary N) is 1. The summed E-state index contributed by atoms with van der Waals surface area (Å²) in [7, 11) is 0. The van der Waals surface area contributed by atoms with E-state index < -0.39 is 0 Å². The summed E-state index contributed by atoms with van der Waals surface area (Å²) in [6, 6.07) is 13.3. The van der Waals surface area contributed by atoms with E-state index in [1.807, 2.05) is 60.0 Å². The second kappa shape index (κ2) is 6.99. The molecule has 0 fully saturated rings. The van der Waals surface area contributed by atoms with Gasteiger partial charge >= 0.3 is 0 Å². The third-order valence-corrected chi connectivity index (χ3v) is 4.37. The van der Waals surface area contributed by atoms with Crippen LogP contribution in [0.3, 0.4) is 0 Å². The van der Waals surface area contributed by atoms with Gasteiger partial charge in [0.15, 0.2) is 17.3 Å². The van der Waals surface area contributed by atoms with Crippen LogP contribution in [0.25, 0.3) is 17.1 Å².